The number of rotatable bonds is 4. The van der Waals surface area contributed by atoms with Gasteiger partial charge in [0.25, 0.3) is 5.91 Å². The molecule has 3 aromatic carbocycles. The number of para-hydroxylation sites is 1. The maximum Gasteiger partial charge on any atom is 0.417 e. The van der Waals surface area contributed by atoms with E-state index in [1.165, 1.54) is 4.90 Å². The molecule has 0 saturated carbocycles. The van der Waals surface area contributed by atoms with Gasteiger partial charge in [0, 0.05) is 35.3 Å². The van der Waals surface area contributed by atoms with Gasteiger partial charge in [-0.2, -0.15) is 0 Å². The zero-order valence-corrected chi connectivity index (χ0v) is 18.1. The van der Waals surface area contributed by atoms with Crippen molar-refractivity contribution in [2.75, 3.05) is 5.32 Å². The van der Waals surface area contributed by atoms with Crippen molar-refractivity contribution in [2.45, 2.75) is 25.4 Å². The van der Waals surface area contributed by atoms with Crippen LogP contribution in [0.25, 0.3) is 11.1 Å². The Morgan fingerprint density at radius 2 is 1.65 bits per heavy atom. The number of ether oxygens (including phenoxy) is 1. The summed E-state index contributed by atoms with van der Waals surface area (Å²) in [5, 5.41) is 5.02. The van der Waals surface area contributed by atoms with E-state index in [1.54, 1.807) is 30.3 Å². The maximum absolute atomic E-state index is 13.0. The average molecular weight is 455 g/mol. The highest BCUT2D eigenvalue weighted by Crippen LogP contribution is 2.33. The van der Waals surface area contributed by atoms with Crippen LogP contribution in [0.2, 0.25) is 0 Å². The first-order valence-electron chi connectivity index (χ1n) is 10.9. The lowest BCUT2D eigenvalue weighted by atomic mass is 10.0. The number of amides is 4. The van der Waals surface area contributed by atoms with E-state index >= 15 is 0 Å². The van der Waals surface area contributed by atoms with Gasteiger partial charge in [-0.05, 0) is 30.2 Å². The van der Waals surface area contributed by atoms with Crippen molar-refractivity contribution >= 4 is 29.5 Å². The lowest BCUT2D eigenvalue weighted by Crippen LogP contribution is -2.52. The topological polar surface area (TPSA) is 105 Å². The molecule has 1 unspecified atom stereocenters. The molecule has 2 heterocycles. The Balaban J connectivity index is 1.35. The SMILES string of the molecule is O=C1CCC(N2Cc3c(NC(=O)Oc4ccccc4-c4ccccc4)cccc3C2=O)C(=O)N1. The third-order valence-electron chi connectivity index (χ3n) is 5.99. The van der Waals surface area contributed by atoms with Crippen molar-refractivity contribution in [1.29, 1.82) is 0 Å². The lowest BCUT2D eigenvalue weighted by Gasteiger charge is -2.29. The van der Waals surface area contributed by atoms with E-state index in [9.17, 15) is 19.2 Å². The standard InChI is InChI=1S/C26H21N3O5/c30-23-14-13-21(24(31)28-23)29-15-19-18(25(29)32)10-6-11-20(19)27-26(33)34-22-12-5-4-9-17(22)16-7-2-1-3-8-16/h1-12,21H,13-15H2,(H,27,33)(H,28,30,31). The summed E-state index contributed by atoms with van der Waals surface area (Å²) in [6.45, 7) is 0.150. The van der Waals surface area contributed by atoms with Gasteiger partial charge < -0.3 is 9.64 Å². The molecule has 1 saturated heterocycles. The lowest BCUT2D eigenvalue weighted by molar-refractivity contribution is -0.136. The largest absolute Gasteiger partial charge is 0.417 e. The predicted molar refractivity (Wildman–Crippen MR) is 124 cm³/mol. The highest BCUT2D eigenvalue weighted by Gasteiger charge is 2.40. The fraction of sp³-hybridized carbons (Fsp3) is 0.154. The second-order valence-corrected chi connectivity index (χ2v) is 8.11. The molecule has 0 spiro atoms. The van der Waals surface area contributed by atoms with E-state index < -0.39 is 18.0 Å². The molecule has 170 valence electrons. The van der Waals surface area contributed by atoms with Crippen LogP contribution in [0.5, 0.6) is 5.75 Å². The van der Waals surface area contributed by atoms with Crippen molar-refractivity contribution in [3.05, 3.63) is 83.9 Å². The third-order valence-corrected chi connectivity index (χ3v) is 5.99. The molecule has 3 aromatic rings. The Labute approximate surface area is 195 Å². The van der Waals surface area contributed by atoms with Gasteiger partial charge in [-0.25, -0.2) is 4.79 Å². The predicted octanol–water partition coefficient (Wildman–Crippen LogP) is 3.73. The Bertz CT molecular complexity index is 1300. The van der Waals surface area contributed by atoms with Gasteiger partial charge in [-0.15, -0.1) is 0 Å². The molecule has 2 aliphatic rings. The number of benzene rings is 3. The number of carbonyl (C=O) groups is 4. The van der Waals surface area contributed by atoms with E-state index in [0.29, 0.717) is 22.6 Å². The van der Waals surface area contributed by atoms with Crippen LogP contribution in [-0.2, 0) is 16.1 Å². The Morgan fingerprint density at radius 3 is 2.44 bits per heavy atom. The highest BCUT2D eigenvalue weighted by atomic mass is 16.6. The minimum absolute atomic E-state index is 0.150. The number of nitrogens with one attached hydrogen (secondary N) is 2. The first kappa shape index (κ1) is 21.4. The maximum atomic E-state index is 13.0. The Morgan fingerprint density at radius 1 is 0.912 bits per heavy atom. The van der Waals surface area contributed by atoms with Crippen LogP contribution < -0.4 is 15.4 Å². The van der Waals surface area contributed by atoms with E-state index in [0.717, 1.165) is 11.1 Å². The van der Waals surface area contributed by atoms with E-state index in [1.807, 2.05) is 42.5 Å². The molecule has 0 bridgehead atoms. The molecule has 0 aliphatic carbocycles. The number of imide groups is 1. The van der Waals surface area contributed by atoms with Gasteiger partial charge in [0.15, 0.2) is 0 Å². The summed E-state index contributed by atoms with van der Waals surface area (Å²) in [5.41, 5.74) is 3.13. The number of hydrogen-bond acceptors (Lipinski definition) is 5. The molecule has 0 aromatic heterocycles. The minimum Gasteiger partial charge on any atom is -0.409 e. The number of hydrogen-bond donors (Lipinski definition) is 2. The van der Waals surface area contributed by atoms with E-state index in [4.69, 9.17) is 4.74 Å². The molecule has 0 radical (unpaired) electrons. The molecule has 2 N–H and O–H groups in total. The molecule has 5 rings (SSSR count). The Hall–Kier alpha value is -4.46. The smallest absolute Gasteiger partial charge is 0.409 e. The summed E-state index contributed by atoms with van der Waals surface area (Å²) in [6, 6.07) is 21.1. The molecule has 4 amide bonds. The first-order chi connectivity index (χ1) is 16.5. The average Bonchev–Trinajstić information content (AvgIpc) is 3.17. The van der Waals surface area contributed by atoms with E-state index in [-0.39, 0.29) is 31.2 Å². The van der Waals surface area contributed by atoms with Crippen LogP contribution in [0, 0.1) is 0 Å². The summed E-state index contributed by atoms with van der Waals surface area (Å²) >= 11 is 0. The third kappa shape index (κ3) is 4.01. The number of fused-ring (bicyclic) bond motifs is 1. The van der Waals surface area contributed by atoms with Crippen LogP contribution in [0.4, 0.5) is 10.5 Å². The molecule has 8 heteroatoms. The summed E-state index contributed by atoms with van der Waals surface area (Å²) in [4.78, 5) is 51.0. The normalized spacial score (nSPS) is 17.2. The van der Waals surface area contributed by atoms with Crippen molar-refractivity contribution in [3.8, 4) is 16.9 Å². The van der Waals surface area contributed by atoms with Crippen LogP contribution in [-0.4, -0.2) is 34.8 Å². The van der Waals surface area contributed by atoms with Gasteiger partial charge >= 0.3 is 6.09 Å². The second-order valence-electron chi connectivity index (χ2n) is 8.11. The second kappa shape index (κ2) is 8.82. The summed E-state index contributed by atoms with van der Waals surface area (Å²) in [5.74, 6) is -0.730. The van der Waals surface area contributed by atoms with Crippen LogP contribution in [0.3, 0.4) is 0 Å². The fourth-order valence-electron chi connectivity index (χ4n) is 4.35. The Kier molecular flexibility index (Phi) is 5.55. The van der Waals surface area contributed by atoms with Crippen molar-refractivity contribution in [2.24, 2.45) is 0 Å². The molecule has 2 aliphatic heterocycles. The van der Waals surface area contributed by atoms with Crippen LogP contribution >= 0.6 is 0 Å². The van der Waals surface area contributed by atoms with Gasteiger partial charge in [0.2, 0.25) is 11.8 Å². The number of carbonyl (C=O) groups excluding carboxylic acids is 4. The summed E-state index contributed by atoms with van der Waals surface area (Å²) < 4.78 is 5.61. The number of piperidine rings is 1. The van der Waals surface area contributed by atoms with Gasteiger partial charge in [0.05, 0.1) is 0 Å². The van der Waals surface area contributed by atoms with Gasteiger partial charge in [0.1, 0.15) is 11.8 Å². The van der Waals surface area contributed by atoms with Crippen LogP contribution in [0.15, 0.2) is 72.8 Å². The van der Waals surface area contributed by atoms with Crippen LogP contribution in [0.1, 0.15) is 28.8 Å². The molecular formula is C26H21N3O5. The van der Waals surface area contributed by atoms with Crippen molar-refractivity contribution in [3.63, 3.8) is 0 Å². The highest BCUT2D eigenvalue weighted by molar-refractivity contribution is 6.06. The first-order valence-corrected chi connectivity index (χ1v) is 10.9. The number of nitrogens with zero attached hydrogens (tertiary/aromatic N) is 1. The van der Waals surface area contributed by atoms with Gasteiger partial charge in [-0.3, -0.25) is 25.0 Å². The zero-order valence-electron chi connectivity index (χ0n) is 18.1. The molecule has 8 nitrogen and oxygen atoms in total. The quantitative estimate of drug-likeness (QED) is 0.584. The monoisotopic (exact) mass is 455 g/mol. The number of anilines is 1. The summed E-state index contributed by atoms with van der Waals surface area (Å²) in [6.07, 6.45) is -0.246. The molecule has 1 fully saturated rings. The zero-order chi connectivity index (χ0) is 23.7. The fourth-order valence-corrected chi connectivity index (χ4v) is 4.35. The molecule has 34 heavy (non-hydrogen) atoms. The minimum atomic E-state index is -0.727. The van der Waals surface area contributed by atoms with Crippen molar-refractivity contribution in [1.82, 2.24) is 10.2 Å². The van der Waals surface area contributed by atoms with E-state index in [2.05, 4.69) is 10.6 Å². The molecular weight excluding hydrogens is 434 g/mol. The summed E-state index contributed by atoms with van der Waals surface area (Å²) in [7, 11) is 0. The van der Waals surface area contributed by atoms with Gasteiger partial charge in [-0.1, -0.05) is 54.6 Å². The van der Waals surface area contributed by atoms with Crippen molar-refractivity contribution < 1.29 is 23.9 Å². The molecule has 1 atom stereocenters.